The summed E-state index contributed by atoms with van der Waals surface area (Å²) in [6, 6.07) is 12.1. The number of anilines is 1. The molecule has 0 saturated heterocycles. The Morgan fingerprint density at radius 1 is 1.02 bits per heavy atom. The Morgan fingerprint density at radius 3 is 2.40 bits per heavy atom. The van der Waals surface area contributed by atoms with Crippen molar-refractivity contribution in [1.29, 1.82) is 0 Å². The summed E-state index contributed by atoms with van der Waals surface area (Å²) in [6.07, 6.45) is -0.898. The maximum atomic E-state index is 13.5. The van der Waals surface area contributed by atoms with Gasteiger partial charge in [0.05, 0.1) is 21.5 Å². The van der Waals surface area contributed by atoms with Crippen molar-refractivity contribution in [3.63, 3.8) is 0 Å². The van der Waals surface area contributed by atoms with Crippen molar-refractivity contribution in [2.75, 3.05) is 4.72 Å². The molecule has 2 N–H and O–H groups in total. The number of hydrogen-bond acceptors (Lipinski definition) is 8. The number of benzene rings is 2. The number of carbonyl (C=O) groups is 1. The van der Waals surface area contributed by atoms with Gasteiger partial charge in [-0.2, -0.15) is 0 Å². The van der Waals surface area contributed by atoms with E-state index < -0.39 is 22.1 Å². The molecule has 2 aromatic carbocycles. The molecule has 0 spiro atoms. The number of fused-ring (bicyclic) bond motifs is 1. The number of nitrogens with one attached hydrogen (secondary N) is 2. The van der Waals surface area contributed by atoms with Gasteiger partial charge >= 0.3 is 5.97 Å². The number of ether oxygens (including phenoxy) is 1. The molecule has 11 heteroatoms. The third-order valence-electron chi connectivity index (χ3n) is 6.88. The third-order valence-corrected chi connectivity index (χ3v) is 10.3. The second kappa shape index (κ2) is 10.6. The highest BCUT2D eigenvalue weighted by molar-refractivity contribution is 7.92. The van der Waals surface area contributed by atoms with Gasteiger partial charge in [0.1, 0.15) is 4.83 Å². The van der Waals surface area contributed by atoms with Crippen molar-refractivity contribution in [3.05, 3.63) is 97.2 Å². The van der Waals surface area contributed by atoms with Gasteiger partial charge in [-0.15, -0.1) is 22.7 Å². The van der Waals surface area contributed by atoms with Crippen molar-refractivity contribution in [2.24, 2.45) is 0 Å². The quantitative estimate of drug-likeness (QED) is 0.204. The fourth-order valence-corrected chi connectivity index (χ4v) is 8.05. The number of nitrogens with zero attached hydrogens (tertiary/aromatic N) is 1. The van der Waals surface area contributed by atoms with E-state index >= 15 is 0 Å². The van der Waals surface area contributed by atoms with Gasteiger partial charge < -0.3 is 9.72 Å². The van der Waals surface area contributed by atoms with Crippen molar-refractivity contribution >= 4 is 54.6 Å². The van der Waals surface area contributed by atoms with Crippen LogP contribution >= 0.6 is 22.7 Å². The molecule has 206 valence electrons. The first-order valence-electron chi connectivity index (χ1n) is 12.4. The average molecular weight is 594 g/mol. The fourth-order valence-electron chi connectivity index (χ4n) is 4.58. The van der Waals surface area contributed by atoms with Crippen molar-refractivity contribution in [3.8, 4) is 10.4 Å². The minimum absolute atomic E-state index is 0.0390. The van der Waals surface area contributed by atoms with Crippen molar-refractivity contribution in [1.82, 2.24) is 9.97 Å². The highest BCUT2D eigenvalue weighted by Crippen LogP contribution is 2.34. The Labute approximate surface area is 239 Å². The summed E-state index contributed by atoms with van der Waals surface area (Å²) in [5.41, 5.74) is 3.63. The Balaban J connectivity index is 1.42. The van der Waals surface area contributed by atoms with Gasteiger partial charge in [0, 0.05) is 15.8 Å². The molecule has 1 unspecified atom stereocenters. The number of aromatic nitrogens is 2. The molecule has 0 radical (unpaired) electrons. The summed E-state index contributed by atoms with van der Waals surface area (Å²) in [4.78, 5) is 35.2. The maximum absolute atomic E-state index is 13.5. The van der Waals surface area contributed by atoms with Crippen LogP contribution in [-0.2, 0) is 14.8 Å². The molecule has 40 heavy (non-hydrogen) atoms. The smallest absolute Gasteiger partial charge is 0.340 e. The lowest BCUT2D eigenvalue weighted by Crippen LogP contribution is -2.20. The monoisotopic (exact) mass is 593 g/mol. The molecular formula is C29H27N3O5S3. The molecule has 1 atom stereocenters. The lowest BCUT2D eigenvalue weighted by Gasteiger charge is -2.18. The van der Waals surface area contributed by atoms with E-state index in [4.69, 9.17) is 4.74 Å². The van der Waals surface area contributed by atoms with Crippen LogP contribution in [-0.4, -0.2) is 24.4 Å². The molecule has 0 bridgehead atoms. The molecule has 5 aromatic rings. The van der Waals surface area contributed by atoms with Crippen LogP contribution < -0.4 is 10.3 Å². The molecule has 0 aliphatic carbocycles. The summed E-state index contributed by atoms with van der Waals surface area (Å²) >= 11 is 2.88. The minimum atomic E-state index is -4.02. The maximum Gasteiger partial charge on any atom is 0.340 e. The molecule has 5 rings (SSSR count). The number of esters is 1. The van der Waals surface area contributed by atoms with Gasteiger partial charge in [-0.3, -0.25) is 9.52 Å². The van der Waals surface area contributed by atoms with Crippen molar-refractivity contribution in [2.45, 2.75) is 45.6 Å². The topological polar surface area (TPSA) is 118 Å². The van der Waals surface area contributed by atoms with Crippen LogP contribution in [0.5, 0.6) is 0 Å². The summed E-state index contributed by atoms with van der Waals surface area (Å²) in [5.74, 6) is -0.558. The number of hydrogen-bond donors (Lipinski definition) is 2. The Morgan fingerprint density at radius 2 is 1.73 bits per heavy atom. The predicted molar refractivity (Wildman–Crippen MR) is 160 cm³/mol. The Hall–Kier alpha value is -3.80. The van der Waals surface area contributed by atoms with Gasteiger partial charge in [-0.05, 0) is 80.5 Å². The van der Waals surface area contributed by atoms with Crippen LogP contribution in [0.15, 0.2) is 62.9 Å². The summed E-state index contributed by atoms with van der Waals surface area (Å²) in [5, 5.41) is 4.32. The SMILES string of the molecule is Cc1cc(C)c(C)c(S(=O)(=O)Nc2ccccc2C(=O)OC(C)c2nc3scc(-c4cccs4)c3c(=O)[nH]2)c1C. The van der Waals surface area contributed by atoms with Gasteiger partial charge in [0.2, 0.25) is 0 Å². The van der Waals surface area contributed by atoms with E-state index in [-0.39, 0.29) is 27.5 Å². The van der Waals surface area contributed by atoms with E-state index in [0.29, 0.717) is 21.3 Å². The lowest BCUT2D eigenvalue weighted by atomic mass is 10.0. The molecule has 3 heterocycles. The third kappa shape index (κ3) is 5.07. The highest BCUT2D eigenvalue weighted by atomic mass is 32.2. The number of para-hydroxylation sites is 1. The number of sulfonamides is 1. The van der Waals surface area contributed by atoms with Crippen molar-refractivity contribution < 1.29 is 17.9 Å². The van der Waals surface area contributed by atoms with E-state index in [9.17, 15) is 18.0 Å². The van der Waals surface area contributed by atoms with Gasteiger partial charge in [0.25, 0.3) is 15.6 Å². The molecule has 0 amide bonds. The summed E-state index contributed by atoms with van der Waals surface area (Å²) in [7, 11) is -4.02. The number of aryl methyl sites for hydroxylation is 2. The zero-order valence-corrected chi connectivity index (χ0v) is 24.9. The standard InChI is InChI=1S/C29H27N3O5S3/c1-15-13-16(2)18(4)25(17(15)3)40(35,36)32-22-10-7-6-9-20(22)29(34)37-19(5)26-30-27(33)24-21(14-39-28(24)31-26)23-11-8-12-38-23/h6-14,19,32H,1-5H3,(H,30,31,33). The first-order valence-corrected chi connectivity index (χ1v) is 15.7. The summed E-state index contributed by atoms with van der Waals surface area (Å²) < 4.78 is 35.2. The second-order valence-corrected chi connectivity index (χ2v) is 13.0. The van der Waals surface area contributed by atoms with E-state index in [0.717, 1.165) is 21.6 Å². The number of aromatic amines is 1. The largest absolute Gasteiger partial charge is 0.451 e. The first-order chi connectivity index (χ1) is 19.0. The summed E-state index contributed by atoms with van der Waals surface area (Å²) in [6.45, 7) is 8.86. The average Bonchev–Trinajstić information content (AvgIpc) is 3.58. The minimum Gasteiger partial charge on any atom is -0.451 e. The normalized spacial score (nSPS) is 12.4. The van der Waals surface area contributed by atoms with Crippen LogP contribution in [0.4, 0.5) is 5.69 Å². The molecule has 3 aromatic heterocycles. The zero-order chi connectivity index (χ0) is 28.8. The van der Waals surface area contributed by atoms with Crippen LogP contribution in [0, 0.1) is 27.7 Å². The Kier molecular flexibility index (Phi) is 7.38. The first kappa shape index (κ1) is 27.8. The molecular weight excluding hydrogens is 567 g/mol. The molecule has 0 aliphatic rings. The fraction of sp³-hybridized carbons (Fsp3) is 0.207. The molecule has 8 nitrogen and oxygen atoms in total. The van der Waals surface area contributed by atoms with Crippen LogP contribution in [0.3, 0.4) is 0 Å². The van der Waals surface area contributed by atoms with E-state index in [2.05, 4.69) is 14.7 Å². The van der Waals surface area contributed by atoms with Gasteiger partial charge in [0.15, 0.2) is 11.9 Å². The van der Waals surface area contributed by atoms with Crippen LogP contribution in [0.1, 0.15) is 51.5 Å². The zero-order valence-electron chi connectivity index (χ0n) is 22.5. The lowest BCUT2D eigenvalue weighted by molar-refractivity contribution is 0.0321. The Bertz CT molecular complexity index is 1900. The number of H-pyrrole nitrogens is 1. The van der Waals surface area contributed by atoms with E-state index in [1.165, 1.54) is 34.8 Å². The van der Waals surface area contributed by atoms with Crippen LogP contribution in [0.2, 0.25) is 0 Å². The van der Waals surface area contributed by atoms with Gasteiger partial charge in [-0.1, -0.05) is 24.3 Å². The molecule has 0 saturated carbocycles. The number of thiophene rings is 2. The number of rotatable bonds is 7. The molecule has 0 aliphatic heterocycles. The number of carbonyl (C=O) groups excluding carboxylic acids is 1. The van der Waals surface area contributed by atoms with Crippen LogP contribution in [0.25, 0.3) is 20.7 Å². The molecule has 0 fully saturated rings. The van der Waals surface area contributed by atoms with Gasteiger partial charge in [-0.25, -0.2) is 18.2 Å². The predicted octanol–water partition coefficient (Wildman–Crippen LogP) is 6.67. The van der Waals surface area contributed by atoms with E-state index in [1.807, 2.05) is 42.8 Å². The van der Waals surface area contributed by atoms with E-state index in [1.54, 1.807) is 32.9 Å². The highest BCUT2D eigenvalue weighted by Gasteiger charge is 2.26. The second-order valence-electron chi connectivity index (χ2n) is 9.55.